The minimum Gasteiger partial charge on any atom is -0.397 e. The molecule has 0 aliphatic heterocycles. The van der Waals surface area contributed by atoms with Crippen LogP contribution in [0.25, 0.3) is 11.3 Å². The van der Waals surface area contributed by atoms with Gasteiger partial charge in [-0.05, 0) is 30.7 Å². The Morgan fingerprint density at radius 2 is 2.00 bits per heavy atom. The Kier molecular flexibility index (Phi) is 2.14. The summed E-state index contributed by atoms with van der Waals surface area (Å²) in [5, 5.41) is 0. The third-order valence-electron chi connectivity index (χ3n) is 2.08. The fourth-order valence-corrected chi connectivity index (χ4v) is 1.33. The van der Waals surface area contributed by atoms with Crippen molar-refractivity contribution in [3.63, 3.8) is 0 Å². The zero-order chi connectivity index (χ0) is 9.97. The van der Waals surface area contributed by atoms with Crippen LogP contribution in [0.5, 0.6) is 0 Å². The monoisotopic (exact) mass is 185 g/mol. The van der Waals surface area contributed by atoms with Gasteiger partial charge in [0.1, 0.15) is 0 Å². The second kappa shape index (κ2) is 3.46. The summed E-state index contributed by atoms with van der Waals surface area (Å²) in [5.41, 5.74) is 9.39. The van der Waals surface area contributed by atoms with Gasteiger partial charge in [0.05, 0.1) is 17.6 Å². The molecule has 0 amide bonds. The minimum absolute atomic E-state index is 0.681. The number of aromatic nitrogens is 2. The maximum atomic E-state index is 5.57. The zero-order valence-electron chi connectivity index (χ0n) is 7.94. The largest absolute Gasteiger partial charge is 0.397 e. The predicted molar refractivity (Wildman–Crippen MR) is 56.6 cm³/mol. The van der Waals surface area contributed by atoms with Crippen molar-refractivity contribution in [3.05, 3.63) is 42.4 Å². The molecule has 2 rings (SSSR count). The molecule has 0 bridgehead atoms. The quantitative estimate of drug-likeness (QED) is 0.739. The summed E-state index contributed by atoms with van der Waals surface area (Å²) < 4.78 is 0. The van der Waals surface area contributed by atoms with Crippen molar-refractivity contribution in [3.8, 4) is 11.3 Å². The fourth-order valence-electron chi connectivity index (χ4n) is 1.33. The van der Waals surface area contributed by atoms with E-state index in [9.17, 15) is 0 Å². The van der Waals surface area contributed by atoms with E-state index in [1.165, 1.54) is 0 Å². The molecule has 0 spiro atoms. The third-order valence-corrected chi connectivity index (χ3v) is 2.08. The number of hydrogen-bond acceptors (Lipinski definition) is 3. The number of rotatable bonds is 1. The van der Waals surface area contributed by atoms with Crippen molar-refractivity contribution in [1.82, 2.24) is 9.97 Å². The molecule has 14 heavy (non-hydrogen) atoms. The third kappa shape index (κ3) is 1.57. The lowest BCUT2D eigenvalue weighted by Gasteiger charge is -2.03. The summed E-state index contributed by atoms with van der Waals surface area (Å²) in [6.45, 7) is 2.01. The van der Waals surface area contributed by atoms with E-state index in [0.29, 0.717) is 5.69 Å². The second-order valence-corrected chi connectivity index (χ2v) is 3.17. The summed E-state index contributed by atoms with van der Waals surface area (Å²) in [4.78, 5) is 8.29. The molecule has 3 nitrogen and oxygen atoms in total. The molecule has 0 atom stereocenters. The summed E-state index contributed by atoms with van der Waals surface area (Å²) >= 11 is 0. The Morgan fingerprint density at radius 1 is 1.14 bits per heavy atom. The topological polar surface area (TPSA) is 51.8 Å². The molecule has 2 N–H and O–H groups in total. The van der Waals surface area contributed by atoms with E-state index in [0.717, 1.165) is 16.8 Å². The lowest BCUT2D eigenvalue weighted by molar-refractivity contribution is 1.24. The molecule has 0 saturated carbocycles. The van der Waals surface area contributed by atoms with Gasteiger partial charge in [0.15, 0.2) is 0 Å². The van der Waals surface area contributed by atoms with Crippen LogP contribution in [0.3, 0.4) is 0 Å². The predicted octanol–water partition coefficient (Wildman–Crippen LogP) is 2.03. The Bertz CT molecular complexity index is 435. The molecule has 0 aliphatic rings. The highest BCUT2D eigenvalue weighted by molar-refractivity contribution is 5.63. The Hall–Kier alpha value is -1.90. The van der Waals surface area contributed by atoms with Crippen LogP contribution in [-0.4, -0.2) is 9.97 Å². The van der Waals surface area contributed by atoms with Crippen molar-refractivity contribution in [2.24, 2.45) is 0 Å². The van der Waals surface area contributed by atoms with E-state index >= 15 is 0 Å². The number of anilines is 1. The number of nitrogens with zero attached hydrogens (tertiary/aromatic N) is 2. The molecule has 3 heteroatoms. The first-order valence-corrected chi connectivity index (χ1v) is 4.40. The Labute approximate surface area is 82.6 Å². The normalized spacial score (nSPS) is 10.1. The summed E-state index contributed by atoms with van der Waals surface area (Å²) in [6, 6.07) is 5.72. The molecule has 0 aromatic carbocycles. The molecule has 2 aromatic rings. The molecular weight excluding hydrogens is 174 g/mol. The van der Waals surface area contributed by atoms with Crippen LogP contribution in [0.15, 0.2) is 36.8 Å². The van der Waals surface area contributed by atoms with Crippen molar-refractivity contribution in [1.29, 1.82) is 0 Å². The van der Waals surface area contributed by atoms with Crippen LogP contribution in [0, 0.1) is 6.92 Å². The highest BCUT2D eigenvalue weighted by Crippen LogP contribution is 2.20. The second-order valence-electron chi connectivity index (χ2n) is 3.17. The fraction of sp³-hybridized carbons (Fsp3) is 0.0909. The minimum atomic E-state index is 0.681. The average Bonchev–Trinajstić information content (AvgIpc) is 2.20. The van der Waals surface area contributed by atoms with Gasteiger partial charge in [0, 0.05) is 18.0 Å². The lowest BCUT2D eigenvalue weighted by Crippen LogP contribution is -1.90. The molecule has 0 aliphatic carbocycles. The molecule has 0 radical (unpaired) electrons. The lowest BCUT2D eigenvalue weighted by atomic mass is 10.1. The Morgan fingerprint density at radius 3 is 2.64 bits per heavy atom. The maximum absolute atomic E-state index is 5.57. The molecule has 0 fully saturated rings. The number of nitrogens with two attached hydrogens (primary N) is 1. The van der Waals surface area contributed by atoms with Crippen molar-refractivity contribution in [2.45, 2.75) is 6.92 Å². The molecular formula is C11H11N3. The SMILES string of the molecule is Cc1cnccc1-c1ccc(N)cn1. The standard InChI is InChI=1S/C11H11N3/c1-8-6-13-5-4-10(8)11-3-2-9(12)7-14-11/h2-7H,12H2,1H3. The van der Waals surface area contributed by atoms with Gasteiger partial charge in [-0.15, -0.1) is 0 Å². The van der Waals surface area contributed by atoms with Crippen LogP contribution in [0.2, 0.25) is 0 Å². The molecule has 0 saturated heterocycles. The number of hydrogen-bond donors (Lipinski definition) is 1. The van der Waals surface area contributed by atoms with Gasteiger partial charge >= 0.3 is 0 Å². The summed E-state index contributed by atoms with van der Waals surface area (Å²) in [6.07, 6.45) is 5.25. The van der Waals surface area contributed by atoms with E-state index in [1.807, 2.05) is 31.3 Å². The van der Waals surface area contributed by atoms with Crippen LogP contribution < -0.4 is 5.73 Å². The molecule has 2 heterocycles. The molecule has 0 unspecified atom stereocenters. The average molecular weight is 185 g/mol. The van der Waals surface area contributed by atoms with Crippen molar-refractivity contribution < 1.29 is 0 Å². The van der Waals surface area contributed by atoms with Crippen LogP contribution in [0.4, 0.5) is 5.69 Å². The van der Waals surface area contributed by atoms with E-state index < -0.39 is 0 Å². The van der Waals surface area contributed by atoms with Gasteiger partial charge in [0.2, 0.25) is 0 Å². The first kappa shape index (κ1) is 8.69. The highest BCUT2D eigenvalue weighted by Gasteiger charge is 2.01. The van der Waals surface area contributed by atoms with Gasteiger partial charge < -0.3 is 5.73 Å². The van der Waals surface area contributed by atoms with Gasteiger partial charge in [-0.2, -0.15) is 0 Å². The number of pyridine rings is 2. The van der Waals surface area contributed by atoms with Gasteiger partial charge in [-0.1, -0.05) is 0 Å². The molecule has 70 valence electrons. The first-order valence-electron chi connectivity index (χ1n) is 4.40. The number of nitrogen functional groups attached to an aromatic ring is 1. The van der Waals surface area contributed by atoms with E-state index in [2.05, 4.69) is 9.97 Å². The summed E-state index contributed by atoms with van der Waals surface area (Å²) in [7, 11) is 0. The van der Waals surface area contributed by atoms with E-state index in [-0.39, 0.29) is 0 Å². The zero-order valence-corrected chi connectivity index (χ0v) is 7.94. The van der Waals surface area contributed by atoms with Crippen LogP contribution >= 0.6 is 0 Å². The van der Waals surface area contributed by atoms with Crippen LogP contribution in [-0.2, 0) is 0 Å². The van der Waals surface area contributed by atoms with Crippen molar-refractivity contribution in [2.75, 3.05) is 5.73 Å². The van der Waals surface area contributed by atoms with Crippen molar-refractivity contribution >= 4 is 5.69 Å². The van der Waals surface area contributed by atoms with Gasteiger partial charge in [-0.25, -0.2) is 0 Å². The smallest absolute Gasteiger partial charge is 0.0707 e. The van der Waals surface area contributed by atoms with E-state index in [4.69, 9.17) is 5.73 Å². The van der Waals surface area contributed by atoms with E-state index in [1.54, 1.807) is 12.4 Å². The summed E-state index contributed by atoms with van der Waals surface area (Å²) in [5.74, 6) is 0. The maximum Gasteiger partial charge on any atom is 0.0707 e. The number of aryl methyl sites for hydroxylation is 1. The highest BCUT2D eigenvalue weighted by atomic mass is 14.7. The molecule has 2 aromatic heterocycles. The van der Waals surface area contributed by atoms with Gasteiger partial charge in [-0.3, -0.25) is 9.97 Å². The first-order chi connectivity index (χ1) is 6.77. The van der Waals surface area contributed by atoms with Gasteiger partial charge in [0.25, 0.3) is 0 Å². The van der Waals surface area contributed by atoms with Crippen LogP contribution in [0.1, 0.15) is 5.56 Å². The Balaban J connectivity index is 2.50.